The molecule has 0 radical (unpaired) electrons. The van der Waals surface area contributed by atoms with Gasteiger partial charge in [0, 0.05) is 19.2 Å². The fraction of sp³-hybridized carbons (Fsp3) is 0.667. The summed E-state index contributed by atoms with van der Waals surface area (Å²) >= 11 is 0. The molecular weight excluding hydrogens is 149 g/mol. The molecule has 60 valence electrons. The van der Waals surface area contributed by atoms with Gasteiger partial charge in [-0.1, -0.05) is 6.92 Å². The molecule has 0 unspecified atom stereocenters. The lowest BCUT2D eigenvalue weighted by molar-refractivity contribution is -0.111. The van der Waals surface area contributed by atoms with Crippen LogP contribution in [0, 0.1) is 0 Å². The predicted molar refractivity (Wildman–Crippen MR) is 81.0 cm³/mol. The zero-order valence-corrected chi connectivity index (χ0v) is 9.92. The minimum absolute atomic E-state index is 0.255. The molecule has 0 rings (SSSR count). The lowest BCUT2D eigenvalue weighted by atomic mass is 8.63. The van der Waals surface area contributed by atoms with E-state index < -0.39 is 0 Å². The maximum Gasteiger partial charge on any atom is 0.129 e. The lowest BCUT2D eigenvalue weighted by Gasteiger charge is -2.22. The normalized spacial score (nSPS) is 9.00. The van der Waals surface area contributed by atoms with Crippen LogP contribution < -0.4 is 0 Å². The van der Waals surface area contributed by atoms with Crippen LogP contribution in [0.15, 0.2) is 0 Å². The smallest absolute Gasteiger partial charge is 0.129 e. The van der Waals surface area contributed by atoms with Gasteiger partial charge in [-0.15, -0.1) is 0 Å². The Morgan fingerprint density at radius 1 is 1.08 bits per heavy atom. The Morgan fingerprint density at radius 3 is 1.77 bits per heavy atom. The van der Waals surface area contributed by atoms with Gasteiger partial charge in [0.15, 0.2) is 0 Å². The molecule has 0 aromatic carbocycles. The van der Waals surface area contributed by atoms with Gasteiger partial charge in [-0.2, -0.15) is 0 Å². The average molecular weight is 164 g/mol. The molecule has 0 saturated carbocycles. The molecule has 1 nitrogen and oxygen atoms in total. The summed E-state index contributed by atoms with van der Waals surface area (Å²) < 4.78 is 0. The quantitative estimate of drug-likeness (QED) is 0.371. The highest BCUT2D eigenvalue weighted by Gasteiger charge is 2.34. The maximum atomic E-state index is 11.7. The van der Waals surface area contributed by atoms with Gasteiger partial charge >= 0.3 is 0 Å². The molecule has 13 heavy (non-hydrogen) atoms. The molecule has 0 aliphatic heterocycles. The van der Waals surface area contributed by atoms with E-state index in [1.807, 2.05) is 6.92 Å². The molecular formula is C3H15B9O. The van der Waals surface area contributed by atoms with Crippen LogP contribution in [0.2, 0.25) is 0 Å². The van der Waals surface area contributed by atoms with Crippen molar-refractivity contribution < 1.29 is 4.79 Å². The third-order valence-electron chi connectivity index (χ3n) is 3.06. The van der Waals surface area contributed by atoms with E-state index in [-0.39, 0.29) is 6.49 Å². The molecule has 0 fully saturated rings. The second-order valence-electron chi connectivity index (χ2n) is 4.69. The number of hydrogen-bond acceptors (Lipinski definition) is 1. The van der Waals surface area contributed by atoms with Gasteiger partial charge in [0.25, 0.3) is 0 Å². The zero-order valence-electron chi connectivity index (χ0n) is 9.92. The average Bonchev–Trinajstić information content (AvgIpc) is 2.03. The van der Waals surface area contributed by atoms with Crippen LogP contribution in [-0.2, 0) is 4.79 Å². The summed E-state index contributed by atoms with van der Waals surface area (Å²) in [4.78, 5) is 11.7. The van der Waals surface area contributed by atoms with E-state index >= 15 is 0 Å². The van der Waals surface area contributed by atoms with Crippen molar-refractivity contribution in [1.29, 1.82) is 0 Å². The van der Waals surface area contributed by atoms with Gasteiger partial charge < -0.3 is 4.79 Å². The second kappa shape index (κ2) is 5.87. The Hall–Kier alpha value is 0.254. The topological polar surface area (TPSA) is 17.1 Å². The van der Waals surface area contributed by atoms with Crippen LogP contribution in [0.25, 0.3) is 0 Å². The van der Waals surface area contributed by atoms with Crippen LogP contribution in [0.4, 0.5) is 0 Å². The summed E-state index contributed by atoms with van der Waals surface area (Å²) in [5.41, 5.74) is 0.427. The van der Waals surface area contributed by atoms with Crippen molar-refractivity contribution >= 4 is 70.0 Å². The van der Waals surface area contributed by atoms with Crippen LogP contribution in [0.3, 0.4) is 0 Å². The molecule has 0 aromatic rings. The monoisotopic (exact) mass is 166 g/mol. The first-order chi connectivity index (χ1) is 5.91. The van der Waals surface area contributed by atoms with Gasteiger partial charge in [0.05, 0.1) is 44.4 Å². The van der Waals surface area contributed by atoms with Crippen LogP contribution in [0.5, 0.6) is 0 Å². The van der Waals surface area contributed by atoms with Gasteiger partial charge in [-0.25, -0.2) is 0 Å². The highest BCUT2D eigenvalue weighted by atomic mass is 16.1. The molecule has 0 spiro atoms. The Balaban J connectivity index is 4.51. The summed E-state index contributed by atoms with van der Waals surface area (Å²) in [5, 5.41) is 0. The zero-order chi connectivity index (χ0) is 10.6. The Labute approximate surface area is 88.5 Å². The van der Waals surface area contributed by atoms with Crippen molar-refractivity contribution in [2.75, 3.05) is 0 Å². The number of hydrogen-bond donors (Lipinski definition) is 0. The van der Waals surface area contributed by atoms with E-state index in [1.54, 1.807) is 0 Å². The fourth-order valence-electron chi connectivity index (χ4n) is 1.92. The van der Waals surface area contributed by atoms with Crippen LogP contribution >= 0.6 is 0 Å². The molecule has 0 heterocycles. The first-order valence-corrected chi connectivity index (χ1v) is 5.44. The van der Waals surface area contributed by atoms with Gasteiger partial charge in [0.2, 0.25) is 0 Å². The summed E-state index contributed by atoms with van der Waals surface area (Å²) in [7, 11) is 10.9. The molecule has 0 aliphatic carbocycles. The molecule has 0 N–H and O–H groups in total. The largest absolute Gasteiger partial charge is 0.313 e. The number of rotatable bonds is 5. The van der Waals surface area contributed by atoms with Crippen molar-refractivity contribution in [2.24, 2.45) is 0 Å². The number of carbonyl (C=O) groups excluding carboxylic acids is 1. The molecule has 0 bridgehead atoms. The Bertz CT molecular complexity index is 168. The van der Waals surface area contributed by atoms with Crippen molar-refractivity contribution in [3.8, 4) is 0 Å². The first-order valence-electron chi connectivity index (χ1n) is 5.44. The van der Waals surface area contributed by atoms with Crippen LogP contribution in [-0.4, -0.2) is 70.0 Å². The third-order valence-corrected chi connectivity index (χ3v) is 3.06. The summed E-state index contributed by atoms with van der Waals surface area (Å²) in [6.45, 7) is 2.22. The summed E-state index contributed by atoms with van der Waals surface area (Å²) in [5.74, 6) is 0. The highest BCUT2D eigenvalue weighted by molar-refractivity contribution is 7.95. The molecule has 0 aliphatic rings. The van der Waals surface area contributed by atoms with Gasteiger partial charge in [-0.3, -0.25) is 0 Å². The molecule has 0 aromatic heterocycles. The van der Waals surface area contributed by atoms with Crippen LogP contribution in [0.1, 0.15) is 13.3 Å². The van der Waals surface area contributed by atoms with Gasteiger partial charge in [0.1, 0.15) is 6.49 Å². The predicted octanol–water partition coefficient (Wildman–Crippen LogP) is -5.63. The van der Waals surface area contributed by atoms with E-state index in [1.165, 1.54) is 0 Å². The highest BCUT2D eigenvalue weighted by Crippen LogP contribution is 1.96. The van der Waals surface area contributed by atoms with E-state index in [2.05, 4.69) is 38.7 Å². The van der Waals surface area contributed by atoms with E-state index in [0.29, 0.717) is 31.3 Å². The minimum atomic E-state index is 0.255. The molecule has 0 atom stereocenters. The summed E-state index contributed by atoms with van der Waals surface area (Å²) in [6, 6.07) is 0. The van der Waals surface area contributed by atoms with E-state index in [0.717, 1.165) is 0 Å². The standard InChI is InChI=1S/C3H15B9O/c1-2-3(13)9(10(4)5)12(8)11(6)7/h2,4-8H2,1H3. The lowest BCUT2D eigenvalue weighted by Crippen LogP contribution is -2.63. The van der Waals surface area contributed by atoms with Gasteiger partial charge in [-0.05, 0) is 6.42 Å². The van der Waals surface area contributed by atoms with Crippen molar-refractivity contribution in [3.63, 3.8) is 0 Å². The molecule has 0 amide bonds. The SMILES string of the molecule is BB(B)B(B)B(B(B)B)C(=O)CC. The van der Waals surface area contributed by atoms with Crippen molar-refractivity contribution in [1.82, 2.24) is 0 Å². The molecule has 0 saturated heterocycles. The van der Waals surface area contributed by atoms with Crippen molar-refractivity contribution in [3.05, 3.63) is 0 Å². The second-order valence-corrected chi connectivity index (χ2v) is 4.69. The van der Waals surface area contributed by atoms with Crippen molar-refractivity contribution in [2.45, 2.75) is 13.3 Å². The maximum absolute atomic E-state index is 11.7. The Kier molecular flexibility index (Phi) is 5.99. The molecule has 10 heteroatoms. The van der Waals surface area contributed by atoms with E-state index in [4.69, 9.17) is 0 Å². The Morgan fingerprint density at radius 2 is 1.54 bits per heavy atom. The fourth-order valence-corrected chi connectivity index (χ4v) is 1.92. The minimum Gasteiger partial charge on any atom is -0.313 e. The van der Waals surface area contributed by atoms with E-state index in [9.17, 15) is 4.79 Å². The first kappa shape index (κ1) is 13.3. The number of carbonyl (C=O) groups is 1. The summed E-state index contributed by atoms with van der Waals surface area (Å²) in [6.07, 6.45) is 2.26. The third kappa shape index (κ3) is 3.87.